The average Bonchev–Trinajstić information content (AvgIpc) is 2.66. The van der Waals surface area contributed by atoms with Gasteiger partial charge in [0.15, 0.2) is 9.84 Å². The van der Waals surface area contributed by atoms with Crippen LogP contribution in [-0.4, -0.2) is 14.2 Å². The van der Waals surface area contributed by atoms with E-state index in [2.05, 4.69) is 0 Å². The summed E-state index contributed by atoms with van der Waals surface area (Å²) >= 11 is 17.9. The molecule has 0 saturated heterocycles. The summed E-state index contributed by atoms with van der Waals surface area (Å²) in [6.07, 6.45) is 0.263. The van der Waals surface area contributed by atoms with E-state index in [1.807, 2.05) is 0 Å². The number of sulfone groups is 1. The first-order valence-electron chi connectivity index (χ1n) is 8.75. The molecule has 150 valence electrons. The van der Waals surface area contributed by atoms with Crippen LogP contribution in [0.4, 0.5) is 0 Å². The van der Waals surface area contributed by atoms with Gasteiger partial charge in [-0.2, -0.15) is 0 Å². The maximum absolute atomic E-state index is 12.8. The van der Waals surface area contributed by atoms with Gasteiger partial charge in [-0.1, -0.05) is 65.1 Å². The van der Waals surface area contributed by atoms with Gasteiger partial charge in [0.05, 0.1) is 10.6 Å². The van der Waals surface area contributed by atoms with Crippen molar-refractivity contribution in [3.8, 4) is 0 Å². The zero-order valence-corrected chi connectivity index (χ0v) is 18.3. The lowest BCUT2D eigenvalue weighted by atomic mass is 9.99. The third-order valence-corrected chi connectivity index (χ3v) is 6.95. The summed E-state index contributed by atoms with van der Waals surface area (Å²) in [6, 6.07) is 18.1. The molecular formula is C22H17Cl3O3S. The summed E-state index contributed by atoms with van der Waals surface area (Å²) in [4.78, 5) is 12.8. The first kappa shape index (κ1) is 21.8. The molecule has 0 spiro atoms. The summed E-state index contributed by atoms with van der Waals surface area (Å²) in [6.45, 7) is 0. The molecule has 0 aliphatic carbocycles. The van der Waals surface area contributed by atoms with Crippen molar-refractivity contribution in [2.75, 3.05) is 0 Å². The predicted octanol–water partition coefficient (Wildman–Crippen LogP) is 5.98. The number of hydrogen-bond acceptors (Lipinski definition) is 3. The number of rotatable bonds is 7. The second kappa shape index (κ2) is 9.31. The molecule has 3 aromatic carbocycles. The molecule has 0 atom stereocenters. The zero-order chi connectivity index (χ0) is 21.0. The minimum Gasteiger partial charge on any atom is -0.299 e. The molecule has 0 unspecified atom stereocenters. The zero-order valence-electron chi connectivity index (χ0n) is 15.2. The number of halogens is 3. The van der Waals surface area contributed by atoms with Crippen molar-refractivity contribution in [1.29, 1.82) is 0 Å². The summed E-state index contributed by atoms with van der Waals surface area (Å²) in [5, 5.41) is 1.41. The number of ketones is 1. The van der Waals surface area contributed by atoms with Crippen molar-refractivity contribution in [2.45, 2.75) is 23.5 Å². The van der Waals surface area contributed by atoms with Crippen LogP contribution in [0, 0.1) is 0 Å². The van der Waals surface area contributed by atoms with Crippen molar-refractivity contribution in [3.05, 3.63) is 98.5 Å². The maximum atomic E-state index is 12.8. The Bertz CT molecular complexity index is 1140. The fourth-order valence-corrected chi connectivity index (χ4v) is 4.96. The highest BCUT2D eigenvalue weighted by molar-refractivity contribution is 7.90. The van der Waals surface area contributed by atoms with E-state index in [0.29, 0.717) is 31.8 Å². The molecule has 3 rings (SSSR count). The molecule has 0 saturated carbocycles. The van der Waals surface area contributed by atoms with Crippen LogP contribution in [-0.2, 0) is 33.2 Å². The van der Waals surface area contributed by atoms with Crippen LogP contribution in [0.25, 0.3) is 0 Å². The Morgan fingerprint density at radius 1 is 0.724 bits per heavy atom. The monoisotopic (exact) mass is 466 g/mol. The smallest absolute Gasteiger partial charge is 0.182 e. The lowest BCUT2D eigenvalue weighted by Crippen LogP contribution is -2.11. The van der Waals surface area contributed by atoms with E-state index in [-0.39, 0.29) is 29.3 Å². The molecule has 3 aromatic rings. The van der Waals surface area contributed by atoms with Crippen LogP contribution >= 0.6 is 34.8 Å². The fraction of sp³-hybridized carbons (Fsp3) is 0.136. The van der Waals surface area contributed by atoms with Crippen LogP contribution in [0.3, 0.4) is 0 Å². The molecule has 0 heterocycles. The molecule has 0 bridgehead atoms. The van der Waals surface area contributed by atoms with Gasteiger partial charge in [0.1, 0.15) is 5.78 Å². The van der Waals surface area contributed by atoms with Gasteiger partial charge in [0.2, 0.25) is 0 Å². The first-order chi connectivity index (χ1) is 13.7. The Morgan fingerprint density at radius 3 is 1.97 bits per heavy atom. The molecular weight excluding hydrogens is 451 g/mol. The quantitative estimate of drug-likeness (QED) is 0.430. The minimum atomic E-state index is -3.56. The molecule has 0 aliphatic heterocycles. The molecule has 0 amide bonds. The topological polar surface area (TPSA) is 51.2 Å². The summed E-state index contributed by atoms with van der Waals surface area (Å²) in [7, 11) is -3.56. The molecule has 0 aliphatic rings. The Balaban J connectivity index is 1.78. The van der Waals surface area contributed by atoms with E-state index < -0.39 is 9.84 Å². The van der Waals surface area contributed by atoms with Gasteiger partial charge in [-0.25, -0.2) is 8.42 Å². The molecule has 7 heteroatoms. The Labute approximate surface area is 185 Å². The molecule has 0 fully saturated rings. The van der Waals surface area contributed by atoms with Crippen LogP contribution in [0.15, 0.2) is 71.6 Å². The predicted molar refractivity (Wildman–Crippen MR) is 118 cm³/mol. The number of carbonyl (C=O) groups is 1. The second-order valence-electron chi connectivity index (χ2n) is 6.61. The summed E-state index contributed by atoms with van der Waals surface area (Å²) in [5.41, 5.74) is 1.96. The van der Waals surface area contributed by atoms with E-state index in [9.17, 15) is 13.2 Å². The number of benzene rings is 3. The molecule has 0 radical (unpaired) electrons. The van der Waals surface area contributed by atoms with Crippen LogP contribution in [0.2, 0.25) is 15.1 Å². The van der Waals surface area contributed by atoms with E-state index in [4.69, 9.17) is 34.8 Å². The van der Waals surface area contributed by atoms with Gasteiger partial charge in [0, 0.05) is 27.9 Å². The molecule has 29 heavy (non-hydrogen) atoms. The lowest BCUT2D eigenvalue weighted by molar-refractivity contribution is -0.117. The van der Waals surface area contributed by atoms with Crippen molar-refractivity contribution >= 4 is 50.4 Å². The van der Waals surface area contributed by atoms with Gasteiger partial charge < -0.3 is 0 Å². The van der Waals surface area contributed by atoms with Gasteiger partial charge >= 0.3 is 0 Å². The Morgan fingerprint density at radius 2 is 1.31 bits per heavy atom. The molecule has 3 nitrogen and oxygen atoms in total. The SMILES string of the molecule is O=C(Cc1ccc(Cl)cc1Cl)Cc1ccccc1CS(=O)(=O)c1ccc(Cl)cc1. The van der Waals surface area contributed by atoms with Crippen molar-refractivity contribution in [1.82, 2.24) is 0 Å². The van der Waals surface area contributed by atoms with Gasteiger partial charge in [-0.3, -0.25) is 4.79 Å². The van der Waals surface area contributed by atoms with E-state index in [1.54, 1.807) is 54.6 Å². The largest absolute Gasteiger partial charge is 0.299 e. The summed E-state index contributed by atoms with van der Waals surface area (Å²) < 4.78 is 25.5. The second-order valence-corrected chi connectivity index (χ2v) is 9.88. The van der Waals surface area contributed by atoms with Crippen LogP contribution < -0.4 is 0 Å². The van der Waals surface area contributed by atoms with E-state index in [0.717, 1.165) is 0 Å². The highest BCUT2D eigenvalue weighted by atomic mass is 35.5. The summed E-state index contributed by atoms with van der Waals surface area (Å²) in [5.74, 6) is -0.259. The van der Waals surface area contributed by atoms with Crippen molar-refractivity contribution < 1.29 is 13.2 Å². The Kier molecular flexibility index (Phi) is 7.01. The Hall–Kier alpha value is -1.85. The number of carbonyl (C=O) groups excluding carboxylic acids is 1. The number of Topliss-reactive ketones (excluding diaryl/α,β-unsaturated/α-hetero) is 1. The van der Waals surface area contributed by atoms with E-state index in [1.165, 1.54) is 12.1 Å². The lowest BCUT2D eigenvalue weighted by Gasteiger charge is -2.11. The minimum absolute atomic E-state index is 0.0643. The normalized spacial score (nSPS) is 11.4. The molecule has 0 N–H and O–H groups in total. The van der Waals surface area contributed by atoms with E-state index >= 15 is 0 Å². The maximum Gasteiger partial charge on any atom is 0.182 e. The fourth-order valence-electron chi connectivity index (χ4n) is 2.95. The highest BCUT2D eigenvalue weighted by Gasteiger charge is 2.18. The van der Waals surface area contributed by atoms with Crippen molar-refractivity contribution in [3.63, 3.8) is 0 Å². The van der Waals surface area contributed by atoms with Gasteiger partial charge in [0.25, 0.3) is 0 Å². The van der Waals surface area contributed by atoms with Crippen molar-refractivity contribution in [2.24, 2.45) is 0 Å². The van der Waals surface area contributed by atoms with Crippen LogP contribution in [0.5, 0.6) is 0 Å². The number of hydrogen-bond donors (Lipinski definition) is 0. The molecule has 0 aromatic heterocycles. The third kappa shape index (κ3) is 5.83. The van der Waals surface area contributed by atoms with Gasteiger partial charge in [-0.05, 0) is 53.1 Å². The standard InChI is InChI=1S/C22H17Cl3O3S/c23-18-7-9-21(10-8-18)29(27,28)14-17-4-2-1-3-15(17)11-20(26)12-16-5-6-19(24)13-22(16)25/h1-10,13H,11-12,14H2. The first-order valence-corrected chi connectivity index (χ1v) is 11.5. The highest BCUT2D eigenvalue weighted by Crippen LogP contribution is 2.24. The van der Waals surface area contributed by atoms with Gasteiger partial charge in [-0.15, -0.1) is 0 Å². The average molecular weight is 468 g/mol. The third-order valence-electron chi connectivity index (χ3n) is 4.43. The van der Waals surface area contributed by atoms with Crippen LogP contribution in [0.1, 0.15) is 16.7 Å².